The average molecular weight is 591 g/mol. The number of benzene rings is 2. The maximum absolute atomic E-state index is 13.4. The lowest BCUT2D eigenvalue weighted by atomic mass is 9.54. The van der Waals surface area contributed by atoms with Gasteiger partial charge in [-0.05, 0) is 49.3 Å². The van der Waals surface area contributed by atoms with Crippen LogP contribution in [0.4, 0.5) is 0 Å². The second-order valence-electron chi connectivity index (χ2n) is 13.7. The molecule has 9 nitrogen and oxygen atoms in total. The summed E-state index contributed by atoms with van der Waals surface area (Å²) in [7, 11) is 0. The van der Waals surface area contributed by atoms with E-state index < -0.39 is 77.2 Å². The van der Waals surface area contributed by atoms with Crippen molar-refractivity contribution in [3.05, 3.63) is 83.9 Å². The molecule has 13 atom stereocenters. The number of fused-ring (bicyclic) bond motifs is 3. The van der Waals surface area contributed by atoms with Gasteiger partial charge in [0.05, 0.1) is 17.8 Å². The lowest BCUT2D eigenvalue weighted by Crippen LogP contribution is -2.72. The van der Waals surface area contributed by atoms with Crippen molar-refractivity contribution in [2.45, 2.75) is 86.4 Å². The van der Waals surface area contributed by atoms with E-state index in [0.29, 0.717) is 24.0 Å². The van der Waals surface area contributed by atoms with Crippen LogP contribution in [0.2, 0.25) is 0 Å². The summed E-state index contributed by atoms with van der Waals surface area (Å²) >= 11 is 0. The Hall–Kier alpha value is -2.63. The lowest BCUT2D eigenvalue weighted by molar-refractivity contribution is -0.443. The highest BCUT2D eigenvalue weighted by Crippen LogP contribution is 2.75. The number of rotatable bonds is 5. The van der Waals surface area contributed by atoms with E-state index in [-0.39, 0.29) is 11.8 Å². The van der Waals surface area contributed by atoms with E-state index in [1.165, 1.54) is 0 Å². The van der Waals surface area contributed by atoms with Crippen molar-refractivity contribution in [1.82, 2.24) is 0 Å². The minimum absolute atomic E-state index is 0.224. The Balaban J connectivity index is 1.32. The molecule has 0 amide bonds. The predicted molar refractivity (Wildman–Crippen MR) is 151 cm³/mol. The molecule has 0 aromatic heterocycles. The van der Waals surface area contributed by atoms with Gasteiger partial charge in [-0.15, -0.1) is 0 Å². The number of carbonyl (C=O) groups excluding carboxylic acids is 1. The maximum Gasteiger partial charge on any atom is 0.338 e. The largest absolute Gasteiger partial charge is 0.455 e. The van der Waals surface area contributed by atoms with Crippen LogP contribution in [0.15, 0.2) is 72.8 Å². The highest BCUT2D eigenvalue weighted by Gasteiger charge is 2.89. The van der Waals surface area contributed by atoms with Crippen molar-refractivity contribution in [3.8, 4) is 0 Å². The Bertz CT molecular complexity index is 1480. The van der Waals surface area contributed by atoms with Gasteiger partial charge in [-0.25, -0.2) is 4.79 Å². The molecule has 3 saturated heterocycles. The molecule has 6 fully saturated rings. The zero-order chi connectivity index (χ0) is 30.2. The third kappa shape index (κ3) is 3.19. The Kier molecular flexibility index (Phi) is 5.68. The third-order valence-electron chi connectivity index (χ3n) is 11.6. The van der Waals surface area contributed by atoms with E-state index in [4.69, 9.17) is 23.7 Å². The second-order valence-corrected chi connectivity index (χ2v) is 13.7. The minimum Gasteiger partial charge on any atom is -0.455 e. The molecule has 3 aliphatic heterocycles. The van der Waals surface area contributed by atoms with Crippen LogP contribution in [0, 0.1) is 23.7 Å². The first-order valence-corrected chi connectivity index (χ1v) is 15.2. The van der Waals surface area contributed by atoms with Gasteiger partial charge in [0.25, 0.3) is 0 Å². The molecule has 3 aliphatic carbocycles. The van der Waals surface area contributed by atoms with Crippen LogP contribution in [0.1, 0.15) is 49.5 Å². The molecule has 3 heterocycles. The summed E-state index contributed by atoms with van der Waals surface area (Å²) in [5, 5.41) is 35.9. The van der Waals surface area contributed by atoms with E-state index in [1.54, 1.807) is 30.3 Å². The van der Waals surface area contributed by atoms with Crippen molar-refractivity contribution >= 4 is 5.97 Å². The normalized spacial score (nSPS) is 50.3. The van der Waals surface area contributed by atoms with Crippen LogP contribution in [-0.4, -0.2) is 74.7 Å². The summed E-state index contributed by atoms with van der Waals surface area (Å²) in [6, 6.07) is 18.1. The summed E-state index contributed by atoms with van der Waals surface area (Å²) in [6.07, 6.45) is -3.06. The molecular weight excluding hydrogens is 552 g/mol. The van der Waals surface area contributed by atoms with E-state index in [9.17, 15) is 20.1 Å². The number of aliphatic hydroxyl groups excluding tert-OH is 2. The fraction of sp³-hybridized carbons (Fsp3) is 0.559. The molecule has 3 saturated carbocycles. The Labute approximate surface area is 250 Å². The molecule has 9 heteroatoms. The van der Waals surface area contributed by atoms with Crippen LogP contribution in [0.3, 0.4) is 0 Å². The summed E-state index contributed by atoms with van der Waals surface area (Å²) in [6.45, 7) is 9.70. The van der Waals surface area contributed by atoms with Gasteiger partial charge in [-0.3, -0.25) is 0 Å². The highest BCUT2D eigenvalue weighted by atomic mass is 16.9. The van der Waals surface area contributed by atoms with Gasteiger partial charge < -0.3 is 39.0 Å². The van der Waals surface area contributed by atoms with Gasteiger partial charge in [0, 0.05) is 17.4 Å². The van der Waals surface area contributed by atoms with Crippen LogP contribution < -0.4 is 0 Å². The average Bonchev–Trinajstić information content (AvgIpc) is 3.64. The van der Waals surface area contributed by atoms with Crippen LogP contribution >= 0.6 is 0 Å². The first-order chi connectivity index (χ1) is 20.5. The molecule has 8 rings (SSSR count). The zero-order valence-corrected chi connectivity index (χ0v) is 24.5. The van der Waals surface area contributed by atoms with Crippen molar-refractivity contribution in [2.75, 3.05) is 6.61 Å². The molecule has 13 unspecified atom stereocenters. The molecule has 43 heavy (non-hydrogen) atoms. The van der Waals surface area contributed by atoms with E-state index in [1.807, 2.05) is 44.2 Å². The topological polar surface area (TPSA) is 127 Å². The van der Waals surface area contributed by atoms with Gasteiger partial charge in [-0.2, -0.15) is 0 Å². The predicted octanol–water partition coefficient (Wildman–Crippen LogP) is 3.07. The number of esters is 1. The van der Waals surface area contributed by atoms with Crippen molar-refractivity contribution in [3.63, 3.8) is 0 Å². The lowest BCUT2D eigenvalue weighted by Gasteiger charge is -2.60. The number of carbonyl (C=O) groups is 1. The molecular formula is C34H38O9. The minimum atomic E-state index is -2.01. The van der Waals surface area contributed by atoms with Crippen molar-refractivity contribution in [1.29, 1.82) is 0 Å². The summed E-state index contributed by atoms with van der Waals surface area (Å²) in [5.41, 5.74) is -3.78. The van der Waals surface area contributed by atoms with Crippen molar-refractivity contribution in [2.24, 2.45) is 23.7 Å². The van der Waals surface area contributed by atoms with Crippen molar-refractivity contribution < 1.29 is 43.8 Å². The molecule has 228 valence electrons. The number of ether oxygens (including phenoxy) is 5. The number of hydrogen-bond donors (Lipinski definition) is 3. The highest BCUT2D eigenvalue weighted by molar-refractivity contribution is 5.89. The second kappa shape index (κ2) is 8.75. The first-order valence-electron chi connectivity index (χ1n) is 15.2. The van der Waals surface area contributed by atoms with Crippen LogP contribution in [0.5, 0.6) is 0 Å². The Morgan fingerprint density at radius 2 is 1.70 bits per heavy atom. The molecule has 3 bridgehead atoms. The van der Waals surface area contributed by atoms with Gasteiger partial charge in [0.2, 0.25) is 0 Å². The molecule has 2 aromatic carbocycles. The first kappa shape index (κ1) is 27.9. The van der Waals surface area contributed by atoms with Gasteiger partial charge in [0.15, 0.2) is 0 Å². The molecule has 2 aromatic rings. The fourth-order valence-electron chi connectivity index (χ4n) is 9.71. The van der Waals surface area contributed by atoms with E-state index in [2.05, 4.69) is 13.5 Å². The van der Waals surface area contributed by atoms with E-state index >= 15 is 0 Å². The molecule has 3 N–H and O–H groups in total. The Morgan fingerprint density at radius 1 is 1.02 bits per heavy atom. The van der Waals surface area contributed by atoms with Crippen LogP contribution in [-0.2, 0) is 29.7 Å². The van der Waals surface area contributed by atoms with Gasteiger partial charge in [-0.1, -0.05) is 69.0 Å². The molecule has 0 spiro atoms. The zero-order valence-electron chi connectivity index (χ0n) is 24.5. The van der Waals surface area contributed by atoms with Gasteiger partial charge in [0.1, 0.15) is 41.2 Å². The smallest absolute Gasteiger partial charge is 0.338 e. The van der Waals surface area contributed by atoms with Crippen LogP contribution in [0.25, 0.3) is 0 Å². The molecule has 0 radical (unpaired) electrons. The molecule has 6 aliphatic rings. The van der Waals surface area contributed by atoms with Gasteiger partial charge >= 0.3 is 11.9 Å². The SMILES string of the molecule is C=C(C)C12CC(C)C34OC(c5ccccc5)(OC1C3C1OC1(CO)C(O)C1(O)C(OC(=O)c3ccccc3)C(C)CC14)O2. The monoisotopic (exact) mass is 590 g/mol. The Morgan fingerprint density at radius 3 is 2.35 bits per heavy atom. The quantitative estimate of drug-likeness (QED) is 0.274. The summed E-state index contributed by atoms with van der Waals surface area (Å²) in [5.74, 6) is -4.00. The number of epoxide rings is 1. The van der Waals surface area contributed by atoms with E-state index in [0.717, 1.165) is 5.57 Å². The maximum atomic E-state index is 13.4. The number of aliphatic hydroxyl groups is 3. The standard InChI is InChI=1S/C34H38O9/c1-18(2)30-16-20(4)33-23-15-19(3)25(39-28(36)21-11-7-5-8-12-21)32(23,38)29(37)31(17-35)27(40-31)24(33)26(30)41-34(42-30,43-33)22-13-9-6-10-14-22/h5-14,19-20,23-27,29,35,37-38H,1,15-17H2,2-4H3. The fourth-order valence-corrected chi connectivity index (χ4v) is 9.71. The number of hydrogen-bond acceptors (Lipinski definition) is 9. The third-order valence-corrected chi connectivity index (χ3v) is 11.6. The summed E-state index contributed by atoms with van der Waals surface area (Å²) < 4.78 is 33.4. The summed E-state index contributed by atoms with van der Waals surface area (Å²) in [4.78, 5) is 13.4.